The van der Waals surface area contributed by atoms with E-state index in [0.29, 0.717) is 13.2 Å². The largest absolute Gasteiger partial charge is 0.497 e. The SMILES string of the molecule is COc1ccc2nccc(CCC3OCC(NCc4cccs4)CO3)c2c1. The van der Waals surface area contributed by atoms with Gasteiger partial charge in [-0.15, -0.1) is 11.3 Å². The number of fused-ring (bicyclic) bond motifs is 1. The number of pyridine rings is 1. The van der Waals surface area contributed by atoms with E-state index in [4.69, 9.17) is 14.2 Å². The number of benzene rings is 1. The number of methoxy groups -OCH3 is 1. The van der Waals surface area contributed by atoms with Crippen LogP contribution in [-0.4, -0.2) is 37.6 Å². The molecule has 1 aliphatic heterocycles. The molecule has 4 rings (SSSR count). The summed E-state index contributed by atoms with van der Waals surface area (Å²) in [7, 11) is 1.68. The molecule has 0 bridgehead atoms. The Bertz CT molecular complexity index is 861. The predicted octanol–water partition coefficient (Wildman–Crippen LogP) is 3.77. The first-order valence-electron chi connectivity index (χ1n) is 9.22. The molecular weight excluding hydrogens is 360 g/mol. The van der Waals surface area contributed by atoms with E-state index < -0.39 is 0 Å². The lowest BCUT2D eigenvalue weighted by atomic mass is 10.0. The summed E-state index contributed by atoms with van der Waals surface area (Å²) in [6, 6.07) is 12.5. The van der Waals surface area contributed by atoms with Crippen molar-refractivity contribution >= 4 is 22.2 Å². The Kier molecular flexibility index (Phi) is 5.99. The fourth-order valence-electron chi connectivity index (χ4n) is 3.29. The Morgan fingerprint density at radius 3 is 2.89 bits per heavy atom. The topological polar surface area (TPSA) is 52.6 Å². The molecule has 1 aliphatic rings. The van der Waals surface area contributed by atoms with Crippen molar-refractivity contribution in [1.82, 2.24) is 10.3 Å². The summed E-state index contributed by atoms with van der Waals surface area (Å²) in [4.78, 5) is 5.77. The van der Waals surface area contributed by atoms with Crippen molar-refractivity contribution in [3.63, 3.8) is 0 Å². The van der Waals surface area contributed by atoms with Crippen molar-refractivity contribution in [2.45, 2.75) is 31.7 Å². The van der Waals surface area contributed by atoms with Gasteiger partial charge in [-0.1, -0.05) is 6.07 Å². The standard InChI is InChI=1S/C21H24N2O3S/c1-24-17-5-6-20-19(11-17)15(8-9-22-20)4-7-21-25-13-16(14-26-21)23-12-18-3-2-10-27-18/h2-3,5-6,8-11,16,21,23H,4,7,12-14H2,1H3. The van der Waals surface area contributed by atoms with Gasteiger partial charge >= 0.3 is 0 Å². The van der Waals surface area contributed by atoms with Gasteiger partial charge < -0.3 is 19.5 Å². The molecule has 1 fully saturated rings. The van der Waals surface area contributed by atoms with Crippen LogP contribution in [0.15, 0.2) is 48.0 Å². The monoisotopic (exact) mass is 384 g/mol. The highest BCUT2D eigenvalue weighted by Crippen LogP contribution is 2.24. The third kappa shape index (κ3) is 4.65. The second-order valence-electron chi connectivity index (χ2n) is 6.65. The number of thiophene rings is 1. The van der Waals surface area contributed by atoms with Crippen LogP contribution in [0, 0.1) is 0 Å². The third-order valence-corrected chi connectivity index (χ3v) is 5.68. The Balaban J connectivity index is 1.29. The quantitative estimate of drug-likeness (QED) is 0.672. The van der Waals surface area contributed by atoms with Crippen LogP contribution in [0.25, 0.3) is 10.9 Å². The molecule has 0 amide bonds. The molecule has 1 saturated heterocycles. The third-order valence-electron chi connectivity index (χ3n) is 4.80. The van der Waals surface area contributed by atoms with Crippen molar-refractivity contribution in [2.75, 3.05) is 20.3 Å². The molecule has 0 spiro atoms. The van der Waals surface area contributed by atoms with E-state index in [9.17, 15) is 0 Å². The maximum atomic E-state index is 5.92. The van der Waals surface area contributed by atoms with Crippen molar-refractivity contribution in [1.29, 1.82) is 0 Å². The molecule has 0 atom stereocenters. The highest BCUT2D eigenvalue weighted by atomic mass is 32.1. The van der Waals surface area contributed by atoms with E-state index in [-0.39, 0.29) is 12.3 Å². The first-order chi connectivity index (χ1) is 13.3. The molecule has 1 aromatic carbocycles. The first-order valence-corrected chi connectivity index (χ1v) is 10.1. The maximum absolute atomic E-state index is 5.92. The van der Waals surface area contributed by atoms with Gasteiger partial charge in [0.05, 0.1) is 31.9 Å². The van der Waals surface area contributed by atoms with E-state index in [2.05, 4.69) is 33.9 Å². The molecule has 0 radical (unpaired) electrons. The van der Waals surface area contributed by atoms with Crippen LogP contribution >= 0.6 is 11.3 Å². The molecule has 3 heterocycles. The average molecular weight is 385 g/mol. The van der Waals surface area contributed by atoms with Crippen molar-refractivity contribution < 1.29 is 14.2 Å². The minimum absolute atomic E-state index is 0.154. The molecule has 0 unspecified atom stereocenters. The second kappa shape index (κ2) is 8.80. The fourth-order valence-corrected chi connectivity index (χ4v) is 3.94. The number of aromatic nitrogens is 1. The summed E-state index contributed by atoms with van der Waals surface area (Å²) >= 11 is 1.76. The van der Waals surface area contributed by atoms with E-state index in [1.807, 2.05) is 24.4 Å². The van der Waals surface area contributed by atoms with Gasteiger partial charge in [-0.2, -0.15) is 0 Å². The zero-order chi connectivity index (χ0) is 18.5. The van der Waals surface area contributed by atoms with Gasteiger partial charge in [-0.3, -0.25) is 4.98 Å². The van der Waals surface area contributed by atoms with Gasteiger partial charge in [-0.25, -0.2) is 0 Å². The highest BCUT2D eigenvalue weighted by molar-refractivity contribution is 7.09. The lowest BCUT2D eigenvalue weighted by molar-refractivity contribution is -0.192. The van der Waals surface area contributed by atoms with Gasteiger partial charge in [0, 0.05) is 29.4 Å². The van der Waals surface area contributed by atoms with Crippen LogP contribution in [0.1, 0.15) is 16.9 Å². The van der Waals surface area contributed by atoms with E-state index in [1.165, 1.54) is 10.4 Å². The number of ether oxygens (including phenoxy) is 3. The highest BCUT2D eigenvalue weighted by Gasteiger charge is 2.22. The second-order valence-corrected chi connectivity index (χ2v) is 7.68. The zero-order valence-electron chi connectivity index (χ0n) is 15.4. The van der Waals surface area contributed by atoms with Crippen LogP contribution in [0.3, 0.4) is 0 Å². The van der Waals surface area contributed by atoms with Gasteiger partial charge in [-0.05, 0) is 47.7 Å². The van der Waals surface area contributed by atoms with Gasteiger partial charge in [0.1, 0.15) is 5.75 Å². The van der Waals surface area contributed by atoms with Crippen LogP contribution < -0.4 is 10.1 Å². The average Bonchev–Trinajstić information content (AvgIpc) is 3.24. The van der Waals surface area contributed by atoms with Crippen LogP contribution in [0.2, 0.25) is 0 Å². The molecule has 142 valence electrons. The Hall–Kier alpha value is -1.99. The van der Waals surface area contributed by atoms with E-state index in [1.54, 1.807) is 18.4 Å². The fraction of sp³-hybridized carbons (Fsp3) is 0.381. The summed E-state index contributed by atoms with van der Waals surface area (Å²) in [5.74, 6) is 0.849. The predicted molar refractivity (Wildman–Crippen MR) is 107 cm³/mol. The number of nitrogens with zero attached hydrogens (tertiary/aromatic N) is 1. The molecule has 27 heavy (non-hydrogen) atoms. The summed E-state index contributed by atoms with van der Waals surface area (Å²) in [5, 5.41) is 6.72. The van der Waals surface area contributed by atoms with Crippen LogP contribution in [0.5, 0.6) is 5.75 Å². The van der Waals surface area contributed by atoms with Crippen molar-refractivity contribution in [3.8, 4) is 5.75 Å². The van der Waals surface area contributed by atoms with Gasteiger partial charge in [0.2, 0.25) is 0 Å². The normalized spacial score (nSPS) is 20.0. The minimum atomic E-state index is -0.154. The lowest BCUT2D eigenvalue weighted by Crippen LogP contribution is -2.44. The lowest BCUT2D eigenvalue weighted by Gasteiger charge is -2.30. The Labute approximate surface area is 163 Å². The van der Waals surface area contributed by atoms with Crippen LogP contribution in [-0.2, 0) is 22.4 Å². The molecule has 0 aliphatic carbocycles. The van der Waals surface area contributed by atoms with Gasteiger partial charge in [0.15, 0.2) is 6.29 Å². The maximum Gasteiger partial charge on any atom is 0.158 e. The molecule has 5 nitrogen and oxygen atoms in total. The number of hydrogen-bond acceptors (Lipinski definition) is 6. The Morgan fingerprint density at radius 2 is 2.11 bits per heavy atom. The van der Waals surface area contributed by atoms with Crippen LogP contribution in [0.4, 0.5) is 0 Å². The summed E-state index contributed by atoms with van der Waals surface area (Å²) < 4.78 is 17.2. The summed E-state index contributed by atoms with van der Waals surface area (Å²) in [5.41, 5.74) is 2.22. The number of hydrogen-bond donors (Lipinski definition) is 1. The minimum Gasteiger partial charge on any atom is -0.497 e. The molecular formula is C21H24N2O3S. The Morgan fingerprint density at radius 1 is 1.22 bits per heavy atom. The first kappa shape index (κ1) is 18.4. The molecule has 2 aromatic heterocycles. The molecule has 1 N–H and O–H groups in total. The smallest absolute Gasteiger partial charge is 0.158 e. The summed E-state index contributed by atoms with van der Waals surface area (Å²) in [6.45, 7) is 2.23. The number of nitrogens with one attached hydrogen (secondary N) is 1. The van der Waals surface area contributed by atoms with E-state index in [0.717, 1.165) is 36.0 Å². The molecule has 6 heteroatoms. The molecule has 0 saturated carbocycles. The number of rotatable bonds is 7. The van der Waals surface area contributed by atoms with Crippen molar-refractivity contribution in [3.05, 3.63) is 58.4 Å². The summed E-state index contributed by atoms with van der Waals surface area (Å²) in [6.07, 6.45) is 3.41. The molecule has 3 aromatic rings. The van der Waals surface area contributed by atoms with Gasteiger partial charge in [0.25, 0.3) is 0 Å². The van der Waals surface area contributed by atoms with E-state index >= 15 is 0 Å². The zero-order valence-corrected chi connectivity index (χ0v) is 16.2. The number of aryl methyl sites for hydroxylation is 1. The van der Waals surface area contributed by atoms with Crippen molar-refractivity contribution in [2.24, 2.45) is 0 Å².